The lowest BCUT2D eigenvalue weighted by molar-refractivity contribution is 0.0930. The zero-order chi connectivity index (χ0) is 16.5. The number of rotatable bonds is 4. The minimum absolute atomic E-state index is 0.0162. The molecule has 0 saturated carbocycles. The lowest BCUT2D eigenvalue weighted by atomic mass is 10.1. The number of nitrogens with one attached hydrogen (secondary N) is 1. The van der Waals surface area contributed by atoms with Crippen molar-refractivity contribution in [3.8, 4) is 0 Å². The Hall–Kier alpha value is -2.19. The fourth-order valence-corrected chi connectivity index (χ4v) is 2.71. The van der Waals surface area contributed by atoms with Crippen molar-refractivity contribution in [2.75, 3.05) is 0 Å². The van der Waals surface area contributed by atoms with Gasteiger partial charge in [0.1, 0.15) is 5.69 Å². The minimum Gasteiger partial charge on any atom is -0.344 e. The van der Waals surface area contributed by atoms with Crippen LogP contribution in [0, 0.1) is 6.92 Å². The summed E-state index contributed by atoms with van der Waals surface area (Å²) >= 11 is 0. The molecule has 1 aromatic carbocycles. The Morgan fingerprint density at radius 2 is 2.05 bits per heavy atom. The molecule has 2 rings (SSSR count). The normalized spacial score (nSPS) is 12.9. The molecule has 0 bridgehead atoms. The van der Waals surface area contributed by atoms with Crippen molar-refractivity contribution in [2.24, 2.45) is 12.2 Å². The molecule has 7 nitrogen and oxygen atoms in total. The van der Waals surface area contributed by atoms with Crippen LogP contribution in [-0.4, -0.2) is 24.1 Å². The van der Waals surface area contributed by atoms with Crippen molar-refractivity contribution in [2.45, 2.75) is 24.8 Å². The molecule has 0 aliphatic carbocycles. The van der Waals surface area contributed by atoms with E-state index < -0.39 is 10.0 Å². The standard InChI is InChI=1S/C14H18N4O3S/c1-9-7-13(18(3)17-9)14(19)16-10(2)11-5-4-6-12(8-11)22(15,20)21/h4-8,10H,1-3H3,(H,16,19)(H2,15,20,21)/t10-/m1/s1. The second kappa shape index (κ2) is 5.90. The van der Waals surface area contributed by atoms with Gasteiger partial charge in [0, 0.05) is 7.05 Å². The number of nitrogens with two attached hydrogens (primary N) is 1. The van der Waals surface area contributed by atoms with Gasteiger partial charge in [-0.15, -0.1) is 0 Å². The molecule has 0 aliphatic rings. The van der Waals surface area contributed by atoms with Gasteiger partial charge in [0.15, 0.2) is 0 Å². The van der Waals surface area contributed by atoms with Gasteiger partial charge in [0.05, 0.1) is 16.6 Å². The first-order valence-electron chi connectivity index (χ1n) is 6.63. The number of hydrogen-bond donors (Lipinski definition) is 2. The highest BCUT2D eigenvalue weighted by atomic mass is 32.2. The van der Waals surface area contributed by atoms with E-state index in [0.717, 1.165) is 5.69 Å². The smallest absolute Gasteiger partial charge is 0.270 e. The number of nitrogens with zero attached hydrogens (tertiary/aromatic N) is 2. The van der Waals surface area contributed by atoms with Gasteiger partial charge in [0.25, 0.3) is 5.91 Å². The average Bonchev–Trinajstić information content (AvgIpc) is 2.77. The number of aryl methyl sites for hydroxylation is 2. The van der Waals surface area contributed by atoms with E-state index in [4.69, 9.17) is 5.14 Å². The third-order valence-electron chi connectivity index (χ3n) is 3.27. The van der Waals surface area contributed by atoms with Gasteiger partial charge in [-0.2, -0.15) is 5.10 Å². The molecule has 0 saturated heterocycles. The first kappa shape index (κ1) is 16.2. The quantitative estimate of drug-likeness (QED) is 0.870. The van der Waals surface area contributed by atoms with Crippen LogP contribution in [0.3, 0.4) is 0 Å². The molecule has 1 amide bonds. The fourth-order valence-electron chi connectivity index (χ4n) is 2.14. The largest absolute Gasteiger partial charge is 0.344 e. The van der Waals surface area contributed by atoms with Crippen LogP contribution >= 0.6 is 0 Å². The molecular weight excluding hydrogens is 304 g/mol. The molecule has 0 spiro atoms. The van der Waals surface area contributed by atoms with E-state index in [9.17, 15) is 13.2 Å². The van der Waals surface area contributed by atoms with Crippen molar-refractivity contribution in [3.05, 3.63) is 47.3 Å². The number of primary sulfonamides is 1. The molecule has 8 heteroatoms. The maximum atomic E-state index is 12.2. The molecule has 1 aromatic heterocycles. The number of sulfonamides is 1. The van der Waals surface area contributed by atoms with Crippen molar-refractivity contribution in [1.82, 2.24) is 15.1 Å². The highest BCUT2D eigenvalue weighted by molar-refractivity contribution is 7.89. The Kier molecular flexibility index (Phi) is 4.34. The van der Waals surface area contributed by atoms with Crippen LogP contribution in [0.2, 0.25) is 0 Å². The predicted octanol–water partition coefficient (Wildman–Crippen LogP) is 0.867. The Morgan fingerprint density at radius 3 is 2.59 bits per heavy atom. The molecule has 1 heterocycles. The van der Waals surface area contributed by atoms with Gasteiger partial charge >= 0.3 is 0 Å². The molecule has 0 fully saturated rings. The SMILES string of the molecule is Cc1cc(C(=O)N[C@H](C)c2cccc(S(N)(=O)=O)c2)n(C)n1. The van der Waals surface area contributed by atoms with Crippen LogP contribution in [0.25, 0.3) is 0 Å². The first-order valence-corrected chi connectivity index (χ1v) is 8.17. The van der Waals surface area contributed by atoms with Gasteiger partial charge in [-0.1, -0.05) is 12.1 Å². The molecule has 118 valence electrons. The molecule has 22 heavy (non-hydrogen) atoms. The third-order valence-corrected chi connectivity index (χ3v) is 4.18. The number of carbonyl (C=O) groups is 1. The molecule has 0 unspecified atom stereocenters. The lowest BCUT2D eigenvalue weighted by Crippen LogP contribution is -2.28. The summed E-state index contributed by atoms with van der Waals surface area (Å²) in [6, 6.07) is 7.50. The number of aromatic nitrogens is 2. The van der Waals surface area contributed by atoms with E-state index in [-0.39, 0.29) is 16.8 Å². The topological polar surface area (TPSA) is 107 Å². The monoisotopic (exact) mass is 322 g/mol. The first-order chi connectivity index (χ1) is 10.2. The maximum Gasteiger partial charge on any atom is 0.270 e. The summed E-state index contributed by atoms with van der Waals surface area (Å²) in [7, 11) is -2.08. The van der Waals surface area contributed by atoms with E-state index in [1.54, 1.807) is 39.1 Å². The summed E-state index contributed by atoms with van der Waals surface area (Å²) < 4.78 is 24.3. The summed E-state index contributed by atoms with van der Waals surface area (Å²) in [5.41, 5.74) is 1.84. The van der Waals surface area contributed by atoms with E-state index >= 15 is 0 Å². The van der Waals surface area contributed by atoms with E-state index in [2.05, 4.69) is 10.4 Å². The lowest BCUT2D eigenvalue weighted by Gasteiger charge is -2.15. The molecule has 0 aliphatic heterocycles. The van der Waals surface area contributed by atoms with Crippen LogP contribution in [0.1, 0.15) is 34.7 Å². The van der Waals surface area contributed by atoms with Crippen LogP contribution in [0.4, 0.5) is 0 Å². The number of carbonyl (C=O) groups excluding carboxylic acids is 1. The Labute approximate surface area is 129 Å². The van der Waals surface area contributed by atoms with Crippen LogP contribution in [-0.2, 0) is 17.1 Å². The maximum absolute atomic E-state index is 12.2. The summed E-state index contributed by atoms with van der Waals surface area (Å²) in [6.45, 7) is 3.57. The average molecular weight is 322 g/mol. The number of hydrogen-bond acceptors (Lipinski definition) is 4. The van der Waals surface area contributed by atoms with Crippen molar-refractivity contribution < 1.29 is 13.2 Å². The summed E-state index contributed by atoms with van der Waals surface area (Å²) in [5, 5.41) is 12.0. The summed E-state index contributed by atoms with van der Waals surface area (Å²) in [5.74, 6) is -0.281. The number of amides is 1. The fraction of sp³-hybridized carbons (Fsp3) is 0.286. The van der Waals surface area contributed by atoms with Crippen LogP contribution < -0.4 is 10.5 Å². The highest BCUT2D eigenvalue weighted by Gasteiger charge is 2.17. The second-order valence-electron chi connectivity index (χ2n) is 5.11. The Morgan fingerprint density at radius 1 is 1.36 bits per heavy atom. The minimum atomic E-state index is -3.77. The van der Waals surface area contributed by atoms with Crippen LogP contribution in [0.15, 0.2) is 35.2 Å². The van der Waals surface area contributed by atoms with E-state index in [1.165, 1.54) is 16.8 Å². The molecule has 1 atom stereocenters. The van der Waals surface area contributed by atoms with E-state index in [0.29, 0.717) is 11.3 Å². The van der Waals surface area contributed by atoms with Gasteiger partial charge in [0.2, 0.25) is 10.0 Å². The zero-order valence-electron chi connectivity index (χ0n) is 12.6. The van der Waals surface area contributed by atoms with Gasteiger partial charge in [-0.25, -0.2) is 13.6 Å². The summed E-state index contributed by atoms with van der Waals surface area (Å²) in [4.78, 5) is 12.2. The zero-order valence-corrected chi connectivity index (χ0v) is 13.4. The van der Waals surface area contributed by atoms with Gasteiger partial charge < -0.3 is 5.32 Å². The molecule has 3 N–H and O–H groups in total. The highest BCUT2D eigenvalue weighted by Crippen LogP contribution is 2.17. The van der Waals surface area contributed by atoms with E-state index in [1.807, 2.05) is 0 Å². The second-order valence-corrected chi connectivity index (χ2v) is 6.67. The summed E-state index contributed by atoms with van der Waals surface area (Å²) in [6.07, 6.45) is 0. The van der Waals surface area contributed by atoms with Crippen molar-refractivity contribution >= 4 is 15.9 Å². The van der Waals surface area contributed by atoms with Gasteiger partial charge in [-0.3, -0.25) is 9.48 Å². The molecule has 0 radical (unpaired) electrons. The number of benzene rings is 1. The van der Waals surface area contributed by atoms with Crippen molar-refractivity contribution in [3.63, 3.8) is 0 Å². The molecular formula is C14H18N4O3S. The predicted molar refractivity (Wildman–Crippen MR) is 81.6 cm³/mol. The van der Waals surface area contributed by atoms with Crippen LogP contribution in [0.5, 0.6) is 0 Å². The molecule has 2 aromatic rings. The van der Waals surface area contributed by atoms with Crippen molar-refractivity contribution in [1.29, 1.82) is 0 Å². The van der Waals surface area contributed by atoms with Gasteiger partial charge in [-0.05, 0) is 37.6 Å². The Balaban J connectivity index is 2.21. The Bertz CT molecular complexity index is 811. The third kappa shape index (κ3) is 3.52.